The van der Waals surface area contributed by atoms with Crippen molar-refractivity contribution in [3.05, 3.63) is 40.8 Å². The normalized spacial score (nSPS) is 19.0. The van der Waals surface area contributed by atoms with E-state index in [4.69, 9.17) is 12.2 Å². The van der Waals surface area contributed by atoms with E-state index in [1.54, 1.807) is 6.08 Å². The lowest BCUT2D eigenvalue weighted by Gasteiger charge is -2.23. The molecule has 0 spiro atoms. The molecule has 1 aliphatic rings. The van der Waals surface area contributed by atoms with Gasteiger partial charge in [0.25, 0.3) is 5.91 Å². The van der Waals surface area contributed by atoms with Gasteiger partial charge < -0.3 is 9.90 Å². The SMILES string of the molecule is C[C@@H](C(=O)[O-])N1C(=O)/C(=C/c2ccccc2)SC1=S. The van der Waals surface area contributed by atoms with Crippen LogP contribution in [-0.4, -0.2) is 27.1 Å². The molecule has 1 fully saturated rings. The third kappa shape index (κ3) is 2.85. The van der Waals surface area contributed by atoms with Gasteiger partial charge in [-0.3, -0.25) is 9.69 Å². The largest absolute Gasteiger partial charge is 0.548 e. The van der Waals surface area contributed by atoms with Crippen LogP contribution in [0.5, 0.6) is 0 Å². The van der Waals surface area contributed by atoms with Crippen molar-refractivity contribution in [1.29, 1.82) is 0 Å². The lowest BCUT2D eigenvalue weighted by Crippen LogP contribution is -2.48. The molecule has 2 rings (SSSR count). The maximum atomic E-state index is 12.1. The zero-order chi connectivity index (χ0) is 14.0. The van der Waals surface area contributed by atoms with Crippen LogP contribution in [0.1, 0.15) is 12.5 Å². The summed E-state index contributed by atoms with van der Waals surface area (Å²) < 4.78 is 0.240. The molecule has 98 valence electrons. The van der Waals surface area contributed by atoms with Crippen molar-refractivity contribution in [2.75, 3.05) is 0 Å². The summed E-state index contributed by atoms with van der Waals surface area (Å²) in [5, 5.41) is 10.8. The van der Waals surface area contributed by atoms with Crippen molar-refractivity contribution in [3.8, 4) is 0 Å². The molecule has 0 aliphatic carbocycles. The summed E-state index contributed by atoms with van der Waals surface area (Å²) in [7, 11) is 0. The van der Waals surface area contributed by atoms with Crippen molar-refractivity contribution in [1.82, 2.24) is 4.90 Å². The van der Waals surface area contributed by atoms with Crippen LogP contribution in [-0.2, 0) is 9.59 Å². The molecular formula is C13H10NO3S2-. The van der Waals surface area contributed by atoms with Crippen molar-refractivity contribution in [2.24, 2.45) is 0 Å². The number of aliphatic carboxylic acids is 1. The highest BCUT2D eigenvalue weighted by molar-refractivity contribution is 8.26. The van der Waals surface area contributed by atoms with Gasteiger partial charge in [0.15, 0.2) is 0 Å². The van der Waals surface area contributed by atoms with E-state index in [0.29, 0.717) is 4.91 Å². The third-order valence-corrected chi connectivity index (χ3v) is 3.98. The first-order chi connectivity index (χ1) is 9.00. The number of amides is 1. The van der Waals surface area contributed by atoms with E-state index in [0.717, 1.165) is 22.2 Å². The second-order valence-corrected chi connectivity index (χ2v) is 5.63. The molecule has 6 heteroatoms. The molecule has 1 amide bonds. The predicted molar refractivity (Wildman–Crippen MR) is 75.9 cm³/mol. The van der Waals surface area contributed by atoms with Gasteiger partial charge in [-0.05, 0) is 18.6 Å². The Bertz CT molecular complexity index is 569. The number of thiocarbonyl (C=S) groups is 1. The number of carboxylic acid groups (broad SMARTS) is 1. The van der Waals surface area contributed by atoms with Gasteiger partial charge in [-0.15, -0.1) is 0 Å². The van der Waals surface area contributed by atoms with Gasteiger partial charge >= 0.3 is 0 Å². The first-order valence-electron chi connectivity index (χ1n) is 5.53. The number of carbonyl (C=O) groups excluding carboxylic acids is 2. The minimum atomic E-state index is -1.32. The highest BCUT2D eigenvalue weighted by atomic mass is 32.2. The second kappa shape index (κ2) is 5.54. The topological polar surface area (TPSA) is 60.4 Å². The number of nitrogens with zero attached hydrogens (tertiary/aromatic N) is 1. The van der Waals surface area contributed by atoms with Gasteiger partial charge in [0.1, 0.15) is 4.32 Å². The standard InChI is InChI=1S/C13H11NO3S2/c1-8(12(16)17)14-11(15)10(19-13(14)18)7-9-5-3-2-4-6-9/h2-8H,1H3,(H,16,17)/p-1/b10-7-/t8-/m0/s1. The Morgan fingerprint density at radius 2 is 2.05 bits per heavy atom. The van der Waals surface area contributed by atoms with E-state index in [2.05, 4.69) is 0 Å². The zero-order valence-electron chi connectivity index (χ0n) is 10.0. The monoisotopic (exact) mass is 292 g/mol. The van der Waals surface area contributed by atoms with Crippen molar-refractivity contribution in [2.45, 2.75) is 13.0 Å². The molecule has 1 aromatic rings. The summed E-state index contributed by atoms with van der Waals surface area (Å²) in [4.78, 5) is 24.5. The first-order valence-corrected chi connectivity index (χ1v) is 6.76. The van der Waals surface area contributed by atoms with Gasteiger partial charge in [-0.1, -0.05) is 54.3 Å². The van der Waals surface area contributed by atoms with E-state index in [9.17, 15) is 14.7 Å². The van der Waals surface area contributed by atoms with E-state index in [1.807, 2.05) is 30.3 Å². The molecule has 1 atom stereocenters. The molecule has 1 aliphatic heterocycles. The molecule has 0 N–H and O–H groups in total. The summed E-state index contributed by atoms with van der Waals surface area (Å²) in [6.07, 6.45) is 1.70. The third-order valence-electron chi connectivity index (χ3n) is 2.65. The molecule has 4 nitrogen and oxygen atoms in total. The summed E-state index contributed by atoms with van der Waals surface area (Å²) in [5.74, 6) is -1.71. The van der Waals surface area contributed by atoms with Crippen molar-refractivity contribution >= 4 is 46.3 Å². The molecular weight excluding hydrogens is 282 g/mol. The van der Waals surface area contributed by atoms with E-state index in [-0.39, 0.29) is 4.32 Å². The summed E-state index contributed by atoms with van der Waals surface area (Å²) in [5.41, 5.74) is 0.865. The average molecular weight is 292 g/mol. The number of carbonyl (C=O) groups is 2. The highest BCUT2D eigenvalue weighted by Crippen LogP contribution is 2.33. The van der Waals surface area contributed by atoms with E-state index >= 15 is 0 Å². The zero-order valence-corrected chi connectivity index (χ0v) is 11.7. The summed E-state index contributed by atoms with van der Waals surface area (Å²) in [6.45, 7) is 1.38. The molecule has 19 heavy (non-hydrogen) atoms. The van der Waals surface area contributed by atoms with E-state index in [1.165, 1.54) is 6.92 Å². The second-order valence-electron chi connectivity index (χ2n) is 3.96. The Kier molecular flexibility index (Phi) is 4.01. The van der Waals surface area contributed by atoms with Gasteiger partial charge in [0.2, 0.25) is 0 Å². The van der Waals surface area contributed by atoms with Crippen LogP contribution >= 0.6 is 24.0 Å². The summed E-state index contributed by atoms with van der Waals surface area (Å²) >= 11 is 6.14. The Balaban J connectivity index is 2.28. The minimum absolute atomic E-state index is 0.240. The molecule has 0 saturated carbocycles. The molecule has 0 bridgehead atoms. The van der Waals surface area contributed by atoms with Gasteiger partial charge in [-0.25, -0.2) is 0 Å². The Hall–Kier alpha value is -1.66. The quantitative estimate of drug-likeness (QED) is 0.615. The fourth-order valence-corrected chi connectivity index (χ4v) is 3.04. The van der Waals surface area contributed by atoms with Crippen LogP contribution in [0.3, 0.4) is 0 Å². The number of thioether (sulfide) groups is 1. The fraction of sp³-hybridized carbons (Fsp3) is 0.154. The predicted octanol–water partition coefficient (Wildman–Crippen LogP) is 1.03. The average Bonchev–Trinajstić information content (AvgIpc) is 2.65. The molecule has 1 aromatic carbocycles. The molecule has 1 heterocycles. The Labute approximate surface area is 120 Å². The molecule has 1 saturated heterocycles. The van der Waals surface area contributed by atoms with Crippen LogP contribution in [0.4, 0.5) is 0 Å². The summed E-state index contributed by atoms with van der Waals surface area (Å²) in [6, 6.07) is 8.24. The Morgan fingerprint density at radius 3 is 2.63 bits per heavy atom. The number of carboxylic acids is 1. The van der Waals surface area contributed by atoms with E-state index < -0.39 is 17.9 Å². The fourth-order valence-electron chi connectivity index (χ4n) is 1.62. The molecule has 0 radical (unpaired) electrons. The number of hydrogen-bond donors (Lipinski definition) is 0. The van der Waals surface area contributed by atoms with Gasteiger partial charge in [0, 0.05) is 0 Å². The highest BCUT2D eigenvalue weighted by Gasteiger charge is 2.35. The molecule has 0 unspecified atom stereocenters. The number of rotatable bonds is 3. The maximum absolute atomic E-state index is 12.1. The number of benzene rings is 1. The minimum Gasteiger partial charge on any atom is -0.548 e. The lowest BCUT2D eigenvalue weighted by molar-refractivity contribution is -0.309. The smallest absolute Gasteiger partial charge is 0.266 e. The lowest BCUT2D eigenvalue weighted by atomic mass is 10.2. The van der Waals surface area contributed by atoms with Crippen LogP contribution in [0.2, 0.25) is 0 Å². The first kappa shape index (κ1) is 13.8. The van der Waals surface area contributed by atoms with Crippen molar-refractivity contribution in [3.63, 3.8) is 0 Å². The Morgan fingerprint density at radius 1 is 1.42 bits per heavy atom. The van der Waals surface area contributed by atoms with Crippen LogP contribution in [0, 0.1) is 0 Å². The maximum Gasteiger partial charge on any atom is 0.266 e. The van der Waals surface area contributed by atoms with Crippen LogP contribution < -0.4 is 5.11 Å². The van der Waals surface area contributed by atoms with Crippen LogP contribution in [0.25, 0.3) is 6.08 Å². The number of hydrogen-bond acceptors (Lipinski definition) is 5. The molecule has 0 aromatic heterocycles. The van der Waals surface area contributed by atoms with Gasteiger partial charge in [-0.2, -0.15) is 0 Å². The van der Waals surface area contributed by atoms with Gasteiger partial charge in [0.05, 0.1) is 16.9 Å². The van der Waals surface area contributed by atoms with Crippen LogP contribution in [0.15, 0.2) is 35.2 Å². The van der Waals surface area contributed by atoms with Crippen molar-refractivity contribution < 1.29 is 14.7 Å².